The summed E-state index contributed by atoms with van der Waals surface area (Å²) >= 11 is 5.88. The summed E-state index contributed by atoms with van der Waals surface area (Å²) in [5.41, 5.74) is 0.915. The van der Waals surface area contributed by atoms with Crippen molar-refractivity contribution < 1.29 is 9.53 Å². The average Bonchev–Trinajstić information content (AvgIpc) is 2.20. The van der Waals surface area contributed by atoms with Crippen molar-refractivity contribution in [3.05, 3.63) is 23.2 Å². The summed E-state index contributed by atoms with van der Waals surface area (Å²) < 4.78 is 4.98. The minimum Gasteiger partial charge on any atom is -0.409 e. The van der Waals surface area contributed by atoms with Crippen molar-refractivity contribution in [3.8, 4) is 5.75 Å². The fraction of sp³-hybridized carbons (Fsp3) is 0.300. The standard InChI is InChI=1S/C10H13ClN2O2/c1-12-10(14)15-9-6-7(13(2)3)4-5-8(9)11/h4-6H,1-3H3,(H,12,14). The molecular formula is C10H13ClN2O2. The van der Waals surface area contributed by atoms with Gasteiger partial charge in [0, 0.05) is 32.9 Å². The maximum Gasteiger partial charge on any atom is 0.412 e. The van der Waals surface area contributed by atoms with Crippen LogP contribution >= 0.6 is 11.6 Å². The fourth-order valence-electron chi connectivity index (χ4n) is 0.999. The van der Waals surface area contributed by atoms with Crippen LogP contribution in [0.15, 0.2) is 18.2 Å². The van der Waals surface area contributed by atoms with E-state index in [0.29, 0.717) is 10.8 Å². The van der Waals surface area contributed by atoms with Crippen LogP contribution in [0.5, 0.6) is 5.75 Å². The highest BCUT2D eigenvalue weighted by Gasteiger charge is 2.08. The number of carbonyl (C=O) groups excluding carboxylic acids is 1. The highest BCUT2D eigenvalue weighted by molar-refractivity contribution is 6.32. The van der Waals surface area contributed by atoms with Gasteiger partial charge in [-0.2, -0.15) is 0 Å². The van der Waals surface area contributed by atoms with Crippen LogP contribution in [0, 0.1) is 0 Å². The van der Waals surface area contributed by atoms with Gasteiger partial charge in [-0.3, -0.25) is 0 Å². The normalized spacial score (nSPS) is 9.60. The van der Waals surface area contributed by atoms with Crippen LogP contribution in [0.1, 0.15) is 0 Å². The lowest BCUT2D eigenvalue weighted by molar-refractivity contribution is 0.203. The fourth-order valence-corrected chi connectivity index (χ4v) is 1.16. The Bertz CT molecular complexity index is 366. The number of amides is 1. The zero-order valence-corrected chi connectivity index (χ0v) is 9.63. The number of carbonyl (C=O) groups is 1. The van der Waals surface area contributed by atoms with E-state index in [9.17, 15) is 4.79 Å². The van der Waals surface area contributed by atoms with E-state index >= 15 is 0 Å². The van der Waals surface area contributed by atoms with Crippen LogP contribution in [0.4, 0.5) is 10.5 Å². The molecule has 0 fully saturated rings. The van der Waals surface area contributed by atoms with Crippen LogP contribution < -0.4 is 15.0 Å². The zero-order chi connectivity index (χ0) is 11.4. The van der Waals surface area contributed by atoms with E-state index in [0.717, 1.165) is 5.69 Å². The minimum atomic E-state index is -0.534. The third-order valence-corrected chi connectivity index (χ3v) is 2.15. The summed E-state index contributed by atoms with van der Waals surface area (Å²) in [5.74, 6) is 0.349. The molecule has 0 saturated heterocycles. The molecule has 1 amide bonds. The monoisotopic (exact) mass is 228 g/mol. The predicted molar refractivity (Wildman–Crippen MR) is 60.9 cm³/mol. The number of halogens is 1. The smallest absolute Gasteiger partial charge is 0.409 e. The Balaban J connectivity index is 2.95. The minimum absolute atomic E-state index is 0.349. The molecule has 82 valence electrons. The predicted octanol–water partition coefficient (Wildman–Crippen LogP) is 2.12. The van der Waals surface area contributed by atoms with Crippen molar-refractivity contribution in [1.29, 1.82) is 0 Å². The molecule has 1 aromatic carbocycles. The summed E-state index contributed by atoms with van der Waals surface area (Å²) in [7, 11) is 5.28. The molecular weight excluding hydrogens is 216 g/mol. The van der Waals surface area contributed by atoms with Crippen LogP contribution in [-0.2, 0) is 0 Å². The molecule has 0 aliphatic carbocycles. The van der Waals surface area contributed by atoms with Gasteiger partial charge >= 0.3 is 6.09 Å². The van der Waals surface area contributed by atoms with Crippen LogP contribution in [0.2, 0.25) is 5.02 Å². The third-order valence-electron chi connectivity index (χ3n) is 1.84. The van der Waals surface area contributed by atoms with Gasteiger partial charge in [-0.1, -0.05) is 11.6 Å². The molecule has 1 N–H and O–H groups in total. The Hall–Kier alpha value is -1.42. The molecule has 0 aliphatic rings. The number of rotatable bonds is 2. The largest absolute Gasteiger partial charge is 0.412 e. The van der Waals surface area contributed by atoms with E-state index in [1.165, 1.54) is 7.05 Å². The van der Waals surface area contributed by atoms with Crippen LogP contribution in [0.25, 0.3) is 0 Å². The second-order valence-corrected chi connectivity index (χ2v) is 3.56. The van der Waals surface area contributed by atoms with E-state index in [-0.39, 0.29) is 0 Å². The van der Waals surface area contributed by atoms with Gasteiger partial charge in [0.25, 0.3) is 0 Å². The molecule has 4 nitrogen and oxygen atoms in total. The first-order valence-corrected chi connectivity index (χ1v) is 4.79. The molecule has 15 heavy (non-hydrogen) atoms. The maximum atomic E-state index is 11.0. The number of nitrogens with zero attached hydrogens (tertiary/aromatic N) is 1. The Morgan fingerprint density at radius 3 is 2.67 bits per heavy atom. The van der Waals surface area contributed by atoms with Crippen molar-refractivity contribution in [2.75, 3.05) is 26.0 Å². The SMILES string of the molecule is CNC(=O)Oc1cc(N(C)C)ccc1Cl. The van der Waals surface area contributed by atoms with Gasteiger partial charge in [-0.25, -0.2) is 4.79 Å². The molecule has 0 bridgehead atoms. The van der Waals surface area contributed by atoms with Gasteiger partial charge in [0.2, 0.25) is 0 Å². The molecule has 5 heteroatoms. The van der Waals surface area contributed by atoms with Crippen molar-refractivity contribution in [2.45, 2.75) is 0 Å². The summed E-state index contributed by atoms with van der Waals surface area (Å²) in [6.45, 7) is 0. The van der Waals surface area contributed by atoms with Crippen molar-refractivity contribution in [3.63, 3.8) is 0 Å². The Morgan fingerprint density at radius 1 is 1.47 bits per heavy atom. The summed E-state index contributed by atoms with van der Waals surface area (Å²) in [6.07, 6.45) is -0.534. The molecule has 0 atom stereocenters. The lowest BCUT2D eigenvalue weighted by Gasteiger charge is -2.14. The van der Waals surface area contributed by atoms with Gasteiger partial charge in [-0.05, 0) is 12.1 Å². The zero-order valence-electron chi connectivity index (χ0n) is 8.87. The maximum absolute atomic E-state index is 11.0. The molecule has 0 heterocycles. The van der Waals surface area contributed by atoms with Crippen molar-refractivity contribution >= 4 is 23.4 Å². The summed E-state index contributed by atoms with van der Waals surface area (Å²) in [6, 6.07) is 5.24. The van der Waals surface area contributed by atoms with E-state index < -0.39 is 6.09 Å². The Labute approximate surface area is 93.8 Å². The van der Waals surface area contributed by atoms with Crippen molar-refractivity contribution in [1.82, 2.24) is 5.32 Å². The van der Waals surface area contributed by atoms with E-state index in [1.807, 2.05) is 25.1 Å². The second kappa shape index (κ2) is 4.89. The number of benzene rings is 1. The second-order valence-electron chi connectivity index (χ2n) is 3.15. The first-order valence-electron chi connectivity index (χ1n) is 4.41. The molecule has 0 aliphatic heterocycles. The van der Waals surface area contributed by atoms with E-state index in [1.54, 1.807) is 12.1 Å². The quantitative estimate of drug-likeness (QED) is 0.843. The van der Waals surface area contributed by atoms with Gasteiger partial charge in [0.15, 0.2) is 5.75 Å². The number of hydrogen-bond acceptors (Lipinski definition) is 3. The molecule has 0 unspecified atom stereocenters. The van der Waals surface area contributed by atoms with E-state index in [2.05, 4.69) is 5.32 Å². The molecule has 0 saturated carbocycles. The number of hydrogen-bond donors (Lipinski definition) is 1. The molecule has 0 spiro atoms. The summed E-state index contributed by atoms with van der Waals surface area (Å²) in [4.78, 5) is 12.9. The number of ether oxygens (including phenoxy) is 1. The van der Waals surface area contributed by atoms with Gasteiger partial charge in [0.05, 0.1) is 5.02 Å². The van der Waals surface area contributed by atoms with Crippen LogP contribution in [-0.4, -0.2) is 27.2 Å². The number of nitrogens with one attached hydrogen (secondary N) is 1. The van der Waals surface area contributed by atoms with Crippen molar-refractivity contribution in [2.24, 2.45) is 0 Å². The summed E-state index contributed by atoms with van der Waals surface area (Å²) in [5, 5.41) is 2.76. The van der Waals surface area contributed by atoms with Gasteiger partial charge < -0.3 is 15.0 Å². The van der Waals surface area contributed by atoms with Gasteiger partial charge in [0.1, 0.15) is 0 Å². The Kier molecular flexibility index (Phi) is 3.80. The first kappa shape index (κ1) is 11.7. The Morgan fingerprint density at radius 2 is 2.13 bits per heavy atom. The number of anilines is 1. The van der Waals surface area contributed by atoms with Crippen LogP contribution in [0.3, 0.4) is 0 Å². The van der Waals surface area contributed by atoms with Gasteiger partial charge in [-0.15, -0.1) is 0 Å². The lowest BCUT2D eigenvalue weighted by atomic mass is 10.3. The first-order chi connectivity index (χ1) is 7.04. The topological polar surface area (TPSA) is 41.6 Å². The molecule has 0 radical (unpaired) electrons. The highest BCUT2D eigenvalue weighted by atomic mass is 35.5. The van der Waals surface area contributed by atoms with E-state index in [4.69, 9.17) is 16.3 Å². The highest BCUT2D eigenvalue weighted by Crippen LogP contribution is 2.28. The molecule has 0 aromatic heterocycles. The lowest BCUT2D eigenvalue weighted by Crippen LogP contribution is -2.22. The molecule has 1 aromatic rings. The third kappa shape index (κ3) is 3.02. The molecule has 1 rings (SSSR count). The average molecular weight is 229 g/mol.